The third-order valence-corrected chi connectivity index (χ3v) is 2.96. The van der Waals surface area contributed by atoms with Crippen molar-refractivity contribution in [2.24, 2.45) is 0 Å². The number of ether oxygens (including phenoxy) is 2. The van der Waals surface area contributed by atoms with E-state index in [0.29, 0.717) is 13.0 Å². The summed E-state index contributed by atoms with van der Waals surface area (Å²) in [5, 5.41) is 3.02. The number of hydrogen-bond acceptors (Lipinski definition) is 4. The van der Waals surface area contributed by atoms with E-state index in [1.807, 2.05) is 14.1 Å². The van der Waals surface area contributed by atoms with Gasteiger partial charge in [-0.15, -0.1) is 0 Å². The Kier molecular flexibility index (Phi) is 7.16. The molecule has 5 heteroatoms. The number of carbonyl (C=O) groups is 1. The van der Waals surface area contributed by atoms with Crippen LogP contribution in [0.5, 0.6) is 0 Å². The summed E-state index contributed by atoms with van der Waals surface area (Å²) in [7, 11) is 3.71. The van der Waals surface area contributed by atoms with Crippen molar-refractivity contribution in [3.63, 3.8) is 0 Å². The van der Waals surface area contributed by atoms with Gasteiger partial charge in [0, 0.05) is 33.4 Å². The molecule has 1 heterocycles. The molecule has 0 aromatic heterocycles. The molecule has 1 amide bonds. The topological polar surface area (TPSA) is 50.8 Å². The Morgan fingerprint density at radius 2 is 2.18 bits per heavy atom. The summed E-state index contributed by atoms with van der Waals surface area (Å²) in [6.45, 7) is 3.64. The predicted octanol–water partition coefficient (Wildman–Crippen LogP) is 0.250. The number of nitrogens with zero attached hydrogens (tertiary/aromatic N) is 1. The van der Waals surface area contributed by atoms with E-state index in [4.69, 9.17) is 9.47 Å². The summed E-state index contributed by atoms with van der Waals surface area (Å²) in [6, 6.07) is 0. The zero-order valence-corrected chi connectivity index (χ0v) is 10.9. The van der Waals surface area contributed by atoms with Gasteiger partial charge in [0.15, 0.2) is 0 Å². The molecule has 0 aromatic carbocycles. The minimum absolute atomic E-state index is 0.146. The fourth-order valence-electron chi connectivity index (χ4n) is 1.75. The first-order valence-corrected chi connectivity index (χ1v) is 6.32. The normalized spacial score (nSPS) is 17.1. The first-order chi connectivity index (χ1) is 8.24. The van der Waals surface area contributed by atoms with Crippen LogP contribution in [0.15, 0.2) is 0 Å². The highest BCUT2D eigenvalue weighted by atomic mass is 16.5. The zero-order valence-electron chi connectivity index (χ0n) is 10.9. The van der Waals surface area contributed by atoms with Gasteiger partial charge in [0.2, 0.25) is 5.91 Å². The van der Waals surface area contributed by atoms with Crippen molar-refractivity contribution in [1.82, 2.24) is 10.2 Å². The molecular weight excluding hydrogens is 220 g/mol. The number of amides is 1. The summed E-state index contributed by atoms with van der Waals surface area (Å²) >= 11 is 0. The van der Waals surface area contributed by atoms with E-state index in [0.717, 1.165) is 39.1 Å². The molecule has 0 atom stereocenters. The van der Waals surface area contributed by atoms with Gasteiger partial charge in [0.25, 0.3) is 0 Å². The van der Waals surface area contributed by atoms with E-state index in [1.54, 1.807) is 4.90 Å². The Balaban J connectivity index is 2.06. The van der Waals surface area contributed by atoms with E-state index in [9.17, 15) is 4.79 Å². The van der Waals surface area contributed by atoms with Crippen LogP contribution in [0.25, 0.3) is 0 Å². The average Bonchev–Trinajstić information content (AvgIpc) is 2.37. The highest BCUT2D eigenvalue weighted by Gasteiger charge is 2.15. The lowest BCUT2D eigenvalue weighted by Crippen LogP contribution is -2.33. The van der Waals surface area contributed by atoms with Crippen molar-refractivity contribution in [1.29, 1.82) is 0 Å². The minimum Gasteiger partial charge on any atom is -0.381 e. The van der Waals surface area contributed by atoms with Crippen molar-refractivity contribution in [2.75, 3.05) is 47.0 Å². The minimum atomic E-state index is 0.146. The molecule has 1 aliphatic rings. The highest BCUT2D eigenvalue weighted by molar-refractivity contribution is 5.75. The third-order valence-electron chi connectivity index (χ3n) is 2.96. The Morgan fingerprint density at radius 3 is 2.82 bits per heavy atom. The van der Waals surface area contributed by atoms with E-state index in [1.165, 1.54) is 0 Å². The van der Waals surface area contributed by atoms with Crippen LogP contribution in [0, 0.1) is 0 Å². The molecule has 1 saturated heterocycles. The lowest BCUT2D eigenvalue weighted by molar-refractivity contribution is -0.131. The van der Waals surface area contributed by atoms with Crippen LogP contribution in [-0.2, 0) is 14.3 Å². The number of rotatable bonds is 7. The highest BCUT2D eigenvalue weighted by Crippen LogP contribution is 2.10. The maximum absolute atomic E-state index is 11.7. The zero-order chi connectivity index (χ0) is 12.5. The molecule has 1 N–H and O–H groups in total. The summed E-state index contributed by atoms with van der Waals surface area (Å²) in [5.41, 5.74) is 0. The van der Waals surface area contributed by atoms with Crippen molar-refractivity contribution in [3.05, 3.63) is 0 Å². The first-order valence-electron chi connectivity index (χ1n) is 6.32. The second-order valence-corrected chi connectivity index (χ2v) is 4.35. The molecule has 17 heavy (non-hydrogen) atoms. The summed E-state index contributed by atoms with van der Waals surface area (Å²) in [4.78, 5) is 13.4. The fourth-order valence-corrected chi connectivity index (χ4v) is 1.75. The molecule has 1 aliphatic heterocycles. The van der Waals surface area contributed by atoms with Gasteiger partial charge in [0.1, 0.15) is 0 Å². The second-order valence-electron chi connectivity index (χ2n) is 4.35. The van der Waals surface area contributed by atoms with Crippen molar-refractivity contribution in [3.8, 4) is 0 Å². The molecule has 0 aliphatic carbocycles. The van der Waals surface area contributed by atoms with Crippen LogP contribution >= 0.6 is 0 Å². The monoisotopic (exact) mass is 244 g/mol. The number of carbonyl (C=O) groups excluding carboxylic acids is 1. The van der Waals surface area contributed by atoms with Gasteiger partial charge in [0.05, 0.1) is 19.1 Å². The van der Waals surface area contributed by atoms with Gasteiger partial charge in [-0.2, -0.15) is 0 Å². The standard InChI is InChI=1S/C12H24N2O3/c1-13-6-7-14(2)12(15)5-10-17-11-3-8-16-9-4-11/h11,13H,3-10H2,1-2H3. The van der Waals surface area contributed by atoms with Crippen LogP contribution in [0.1, 0.15) is 19.3 Å². The van der Waals surface area contributed by atoms with E-state index >= 15 is 0 Å². The Morgan fingerprint density at radius 1 is 1.47 bits per heavy atom. The average molecular weight is 244 g/mol. The molecule has 0 aromatic rings. The molecule has 0 bridgehead atoms. The van der Waals surface area contributed by atoms with Gasteiger partial charge in [-0.3, -0.25) is 4.79 Å². The van der Waals surface area contributed by atoms with Crippen molar-refractivity contribution < 1.29 is 14.3 Å². The Hall–Kier alpha value is -0.650. The summed E-state index contributed by atoms with van der Waals surface area (Å²) < 4.78 is 10.9. The van der Waals surface area contributed by atoms with Gasteiger partial charge < -0.3 is 19.7 Å². The molecular formula is C12H24N2O3. The Bertz CT molecular complexity index is 218. The van der Waals surface area contributed by atoms with Crippen LogP contribution in [0.3, 0.4) is 0 Å². The van der Waals surface area contributed by atoms with Crippen molar-refractivity contribution >= 4 is 5.91 Å². The summed E-state index contributed by atoms with van der Waals surface area (Å²) in [5.74, 6) is 0.146. The van der Waals surface area contributed by atoms with Crippen LogP contribution in [0.4, 0.5) is 0 Å². The largest absolute Gasteiger partial charge is 0.381 e. The first kappa shape index (κ1) is 14.4. The molecule has 0 saturated carbocycles. The molecule has 0 spiro atoms. The molecule has 1 fully saturated rings. The molecule has 100 valence electrons. The number of nitrogens with one attached hydrogen (secondary N) is 1. The summed E-state index contributed by atoms with van der Waals surface area (Å²) in [6.07, 6.45) is 2.64. The molecule has 0 radical (unpaired) electrons. The Labute approximate surface area is 103 Å². The van der Waals surface area contributed by atoms with Crippen LogP contribution < -0.4 is 5.32 Å². The molecule has 0 unspecified atom stereocenters. The lowest BCUT2D eigenvalue weighted by Gasteiger charge is -2.23. The molecule has 1 rings (SSSR count). The van der Waals surface area contributed by atoms with Gasteiger partial charge in [-0.1, -0.05) is 0 Å². The van der Waals surface area contributed by atoms with Gasteiger partial charge >= 0.3 is 0 Å². The fraction of sp³-hybridized carbons (Fsp3) is 0.917. The number of likely N-dealkylation sites (N-methyl/N-ethyl adjacent to an activating group) is 2. The lowest BCUT2D eigenvalue weighted by atomic mass is 10.1. The van der Waals surface area contributed by atoms with Gasteiger partial charge in [-0.25, -0.2) is 0 Å². The quantitative estimate of drug-likeness (QED) is 0.697. The SMILES string of the molecule is CNCCN(C)C(=O)CCOC1CCOCC1. The van der Waals surface area contributed by atoms with Gasteiger partial charge in [-0.05, 0) is 19.9 Å². The van der Waals surface area contributed by atoms with E-state index in [-0.39, 0.29) is 12.0 Å². The van der Waals surface area contributed by atoms with E-state index in [2.05, 4.69) is 5.32 Å². The predicted molar refractivity (Wildman–Crippen MR) is 66.0 cm³/mol. The van der Waals surface area contributed by atoms with Crippen LogP contribution in [0.2, 0.25) is 0 Å². The molecule has 5 nitrogen and oxygen atoms in total. The number of hydrogen-bond donors (Lipinski definition) is 1. The maximum Gasteiger partial charge on any atom is 0.224 e. The van der Waals surface area contributed by atoms with Crippen molar-refractivity contribution in [2.45, 2.75) is 25.4 Å². The maximum atomic E-state index is 11.7. The van der Waals surface area contributed by atoms with E-state index < -0.39 is 0 Å². The second kappa shape index (κ2) is 8.44. The smallest absolute Gasteiger partial charge is 0.224 e. The van der Waals surface area contributed by atoms with Crippen LogP contribution in [-0.4, -0.2) is 63.9 Å². The third kappa shape index (κ3) is 6.00.